The Balaban J connectivity index is 3.94. The largest absolute Gasteiger partial charge is 0.389 e. The maximum Gasteiger partial charge on any atom is 0.106 e. The smallest absolute Gasteiger partial charge is 0.106 e. The standard InChI is InChI=1S/C8H15ClN2S/c1-4-8(11-6(2)3)12-5-7(9)10/h4-6,11H,10H2,1-3H3/b7-5-,8-4-. The monoisotopic (exact) mass is 206 g/mol. The van der Waals surface area contributed by atoms with E-state index in [1.165, 1.54) is 11.8 Å². The zero-order valence-corrected chi connectivity index (χ0v) is 9.17. The van der Waals surface area contributed by atoms with Crippen LogP contribution < -0.4 is 11.1 Å². The number of nitrogens with one attached hydrogen (secondary N) is 1. The van der Waals surface area contributed by atoms with Crippen LogP contribution in [0.15, 0.2) is 21.7 Å². The lowest BCUT2D eigenvalue weighted by atomic mass is 10.4. The molecule has 4 heteroatoms. The highest BCUT2D eigenvalue weighted by atomic mass is 35.5. The van der Waals surface area contributed by atoms with E-state index in [1.54, 1.807) is 5.41 Å². The third-order valence-electron chi connectivity index (χ3n) is 0.992. The van der Waals surface area contributed by atoms with Crippen LogP contribution in [0, 0.1) is 0 Å². The van der Waals surface area contributed by atoms with Gasteiger partial charge in [0, 0.05) is 11.4 Å². The van der Waals surface area contributed by atoms with Crippen molar-refractivity contribution in [3.05, 3.63) is 21.7 Å². The Morgan fingerprint density at radius 1 is 1.58 bits per heavy atom. The van der Waals surface area contributed by atoms with Crippen molar-refractivity contribution in [3.8, 4) is 0 Å². The second-order valence-corrected chi connectivity index (χ2v) is 3.92. The Morgan fingerprint density at radius 3 is 2.50 bits per heavy atom. The van der Waals surface area contributed by atoms with Gasteiger partial charge in [0.1, 0.15) is 5.16 Å². The molecule has 0 aliphatic carbocycles. The second kappa shape index (κ2) is 6.26. The first-order chi connectivity index (χ1) is 5.56. The van der Waals surface area contributed by atoms with E-state index >= 15 is 0 Å². The van der Waals surface area contributed by atoms with Gasteiger partial charge in [-0.15, -0.1) is 0 Å². The van der Waals surface area contributed by atoms with Crippen LogP contribution in [0.4, 0.5) is 0 Å². The van der Waals surface area contributed by atoms with Crippen molar-refractivity contribution in [3.63, 3.8) is 0 Å². The van der Waals surface area contributed by atoms with Gasteiger partial charge in [0.25, 0.3) is 0 Å². The van der Waals surface area contributed by atoms with Crippen molar-refractivity contribution in [1.29, 1.82) is 0 Å². The molecule has 0 aromatic carbocycles. The molecule has 0 saturated heterocycles. The molecule has 0 rings (SSSR count). The summed E-state index contributed by atoms with van der Waals surface area (Å²) in [6.07, 6.45) is 1.99. The Labute approximate surface area is 83.2 Å². The number of hydrogen-bond acceptors (Lipinski definition) is 3. The quantitative estimate of drug-likeness (QED) is 0.695. The summed E-state index contributed by atoms with van der Waals surface area (Å²) < 4.78 is 0. The zero-order chi connectivity index (χ0) is 9.56. The van der Waals surface area contributed by atoms with Crippen molar-refractivity contribution in [2.75, 3.05) is 0 Å². The summed E-state index contributed by atoms with van der Waals surface area (Å²) in [7, 11) is 0. The van der Waals surface area contributed by atoms with Crippen LogP contribution in [0.1, 0.15) is 20.8 Å². The Bertz CT molecular complexity index is 183. The maximum absolute atomic E-state index is 5.48. The van der Waals surface area contributed by atoms with E-state index in [0.717, 1.165) is 5.03 Å². The van der Waals surface area contributed by atoms with Gasteiger partial charge in [0.2, 0.25) is 0 Å². The molecule has 0 unspecified atom stereocenters. The van der Waals surface area contributed by atoms with Crippen LogP contribution in [0.3, 0.4) is 0 Å². The summed E-state index contributed by atoms with van der Waals surface area (Å²) in [5.74, 6) is 0. The lowest BCUT2D eigenvalue weighted by Gasteiger charge is -2.11. The van der Waals surface area contributed by atoms with E-state index < -0.39 is 0 Å². The molecular formula is C8H15ClN2S. The summed E-state index contributed by atoms with van der Waals surface area (Å²) in [6.45, 7) is 6.13. The highest BCUT2D eigenvalue weighted by Crippen LogP contribution is 2.16. The highest BCUT2D eigenvalue weighted by molar-refractivity contribution is 8.05. The molecule has 0 bridgehead atoms. The summed E-state index contributed by atoms with van der Waals surface area (Å²) in [4.78, 5) is 0. The molecule has 0 saturated carbocycles. The third kappa shape index (κ3) is 6.43. The molecule has 70 valence electrons. The molecular weight excluding hydrogens is 192 g/mol. The van der Waals surface area contributed by atoms with Crippen molar-refractivity contribution in [1.82, 2.24) is 5.32 Å². The van der Waals surface area contributed by atoms with E-state index in [2.05, 4.69) is 19.2 Å². The minimum atomic E-state index is 0.310. The molecule has 0 amide bonds. The van der Waals surface area contributed by atoms with Gasteiger partial charge < -0.3 is 11.1 Å². The first kappa shape index (κ1) is 11.7. The SMILES string of the molecule is C/C=C(/NC(C)C)S/C=C(\N)Cl. The van der Waals surface area contributed by atoms with Crippen LogP contribution in [0.5, 0.6) is 0 Å². The van der Waals surface area contributed by atoms with Crippen molar-refractivity contribution in [2.45, 2.75) is 26.8 Å². The molecule has 0 aromatic heterocycles. The van der Waals surface area contributed by atoms with Crippen molar-refractivity contribution >= 4 is 23.4 Å². The number of allylic oxidation sites excluding steroid dienone is 1. The summed E-state index contributed by atoms with van der Waals surface area (Å²) >= 11 is 6.97. The van der Waals surface area contributed by atoms with Gasteiger partial charge in [-0.25, -0.2) is 0 Å². The molecule has 3 N–H and O–H groups in total. The Kier molecular flexibility index (Phi) is 6.11. The molecule has 0 fully saturated rings. The fraction of sp³-hybridized carbons (Fsp3) is 0.500. The molecule has 0 atom stereocenters. The number of thioether (sulfide) groups is 1. The van der Waals surface area contributed by atoms with Gasteiger partial charge in [0.15, 0.2) is 0 Å². The second-order valence-electron chi connectivity index (χ2n) is 2.57. The first-order valence-corrected chi connectivity index (χ1v) is 5.02. The predicted molar refractivity (Wildman–Crippen MR) is 57.7 cm³/mol. The summed E-state index contributed by atoms with van der Waals surface area (Å²) in [5.41, 5.74) is 5.28. The number of halogens is 1. The molecule has 0 aliphatic heterocycles. The Morgan fingerprint density at radius 2 is 2.17 bits per heavy atom. The zero-order valence-electron chi connectivity index (χ0n) is 7.60. The lowest BCUT2D eigenvalue weighted by molar-refractivity contribution is 0.694. The summed E-state index contributed by atoms with van der Waals surface area (Å²) in [6, 6.07) is 0.425. The number of hydrogen-bond donors (Lipinski definition) is 2. The van der Waals surface area contributed by atoms with Gasteiger partial charge in [-0.1, -0.05) is 29.4 Å². The van der Waals surface area contributed by atoms with Crippen LogP contribution in [-0.2, 0) is 0 Å². The minimum Gasteiger partial charge on any atom is -0.389 e. The first-order valence-electron chi connectivity index (χ1n) is 3.77. The van der Waals surface area contributed by atoms with Crippen molar-refractivity contribution < 1.29 is 0 Å². The maximum atomic E-state index is 5.48. The topological polar surface area (TPSA) is 38.0 Å². The van der Waals surface area contributed by atoms with Crippen LogP contribution in [-0.4, -0.2) is 6.04 Å². The highest BCUT2D eigenvalue weighted by Gasteiger charge is 1.96. The average Bonchev–Trinajstić information content (AvgIpc) is 1.97. The third-order valence-corrected chi connectivity index (χ3v) is 2.21. The van der Waals surface area contributed by atoms with Gasteiger partial charge in [-0.2, -0.15) is 0 Å². The molecule has 0 heterocycles. The fourth-order valence-electron chi connectivity index (χ4n) is 0.590. The van der Waals surface area contributed by atoms with Gasteiger partial charge in [-0.3, -0.25) is 0 Å². The Hall–Kier alpha value is -0.280. The molecule has 0 radical (unpaired) electrons. The van der Waals surface area contributed by atoms with Crippen molar-refractivity contribution in [2.24, 2.45) is 5.73 Å². The van der Waals surface area contributed by atoms with E-state index in [4.69, 9.17) is 17.3 Å². The predicted octanol–water partition coefficient (Wildman–Crippen LogP) is 2.58. The molecule has 0 aromatic rings. The molecule has 2 nitrogen and oxygen atoms in total. The van der Waals surface area contributed by atoms with E-state index in [0.29, 0.717) is 11.2 Å². The van der Waals surface area contributed by atoms with Gasteiger partial charge in [-0.05, 0) is 20.8 Å². The fourth-order valence-corrected chi connectivity index (χ4v) is 1.40. The van der Waals surface area contributed by atoms with Gasteiger partial charge in [0.05, 0.1) is 5.03 Å². The minimum absolute atomic E-state index is 0.310. The van der Waals surface area contributed by atoms with Crippen LogP contribution in [0.25, 0.3) is 0 Å². The molecule has 12 heavy (non-hydrogen) atoms. The van der Waals surface area contributed by atoms with Crippen LogP contribution >= 0.6 is 23.4 Å². The number of nitrogens with two attached hydrogens (primary N) is 1. The van der Waals surface area contributed by atoms with E-state index in [1.807, 2.05) is 13.0 Å². The lowest BCUT2D eigenvalue weighted by Crippen LogP contribution is -2.19. The summed E-state index contributed by atoms with van der Waals surface area (Å²) in [5, 5.41) is 6.32. The van der Waals surface area contributed by atoms with E-state index in [-0.39, 0.29) is 0 Å². The van der Waals surface area contributed by atoms with Crippen LogP contribution in [0.2, 0.25) is 0 Å². The average molecular weight is 207 g/mol. The number of rotatable bonds is 4. The molecule has 0 aliphatic rings. The van der Waals surface area contributed by atoms with E-state index in [9.17, 15) is 0 Å². The van der Waals surface area contributed by atoms with Gasteiger partial charge >= 0.3 is 0 Å². The molecule has 0 spiro atoms. The normalized spacial score (nSPS) is 13.8.